The molecule has 0 N–H and O–H groups in total. The SMILES string of the molecule is Cc1ccc2c(c1)-c1cc(CC(C)C)c([Si](C)(C)C)c[n+]1C21c2ccc3c(oc4ccccc43)c2-c2n1c1ccccc1[n+]2Cc1ccccc1. The first-order chi connectivity index (χ1) is 24.7. The molecule has 5 aromatic carbocycles. The van der Waals surface area contributed by atoms with Gasteiger partial charge in [0.15, 0.2) is 22.8 Å². The van der Waals surface area contributed by atoms with Gasteiger partial charge in [-0.05, 0) is 72.9 Å². The van der Waals surface area contributed by atoms with Gasteiger partial charge in [0, 0.05) is 22.0 Å². The minimum Gasteiger partial charge on any atom is -0.455 e. The maximum Gasteiger partial charge on any atom is 0.364 e. The molecule has 5 heteroatoms. The van der Waals surface area contributed by atoms with Crippen LogP contribution in [0, 0.1) is 12.8 Å². The Morgan fingerprint density at radius 3 is 2.33 bits per heavy atom. The van der Waals surface area contributed by atoms with E-state index < -0.39 is 13.7 Å². The van der Waals surface area contributed by atoms with E-state index >= 15 is 0 Å². The number of rotatable bonds is 5. The van der Waals surface area contributed by atoms with Gasteiger partial charge in [0.05, 0.1) is 24.8 Å². The highest BCUT2D eigenvalue weighted by Crippen LogP contribution is 2.55. The molecule has 5 heterocycles. The number of aromatic nitrogens is 3. The van der Waals surface area contributed by atoms with Gasteiger partial charge in [0.2, 0.25) is 5.69 Å². The lowest BCUT2D eigenvalue weighted by molar-refractivity contribution is -0.734. The Morgan fingerprint density at radius 2 is 1.53 bits per heavy atom. The Morgan fingerprint density at radius 1 is 0.784 bits per heavy atom. The number of pyridine rings is 1. The first kappa shape index (κ1) is 30.6. The van der Waals surface area contributed by atoms with Crippen molar-refractivity contribution in [1.82, 2.24) is 4.57 Å². The summed E-state index contributed by atoms with van der Waals surface area (Å²) in [6.07, 6.45) is 3.65. The van der Waals surface area contributed by atoms with Crippen LogP contribution in [0.2, 0.25) is 19.6 Å². The quantitative estimate of drug-likeness (QED) is 0.131. The van der Waals surface area contributed by atoms with Crippen LogP contribution in [0.3, 0.4) is 0 Å². The number of aryl methyl sites for hydroxylation is 1. The predicted molar refractivity (Wildman–Crippen MR) is 210 cm³/mol. The van der Waals surface area contributed by atoms with Crippen molar-refractivity contribution in [3.63, 3.8) is 0 Å². The number of para-hydroxylation sites is 3. The second kappa shape index (κ2) is 10.6. The van der Waals surface area contributed by atoms with Crippen LogP contribution in [0.4, 0.5) is 0 Å². The zero-order chi connectivity index (χ0) is 34.8. The zero-order valence-corrected chi connectivity index (χ0v) is 31.3. The van der Waals surface area contributed by atoms with E-state index in [1.807, 2.05) is 0 Å². The molecular weight excluding hydrogens is 639 g/mol. The number of furan rings is 1. The lowest BCUT2D eigenvalue weighted by Crippen LogP contribution is -2.61. The van der Waals surface area contributed by atoms with Crippen molar-refractivity contribution >= 4 is 46.2 Å². The number of hydrogen-bond acceptors (Lipinski definition) is 1. The van der Waals surface area contributed by atoms with Crippen molar-refractivity contribution in [3.05, 3.63) is 149 Å². The highest BCUT2D eigenvalue weighted by atomic mass is 28.3. The summed E-state index contributed by atoms with van der Waals surface area (Å²) in [6.45, 7) is 15.2. The minimum absolute atomic E-state index is 0.570. The van der Waals surface area contributed by atoms with Crippen LogP contribution in [-0.2, 0) is 18.6 Å². The van der Waals surface area contributed by atoms with Crippen LogP contribution in [0.15, 0.2) is 126 Å². The highest BCUT2D eigenvalue weighted by molar-refractivity contribution is 6.89. The third kappa shape index (κ3) is 4.13. The molecule has 0 aliphatic carbocycles. The van der Waals surface area contributed by atoms with Gasteiger partial charge in [-0.3, -0.25) is 0 Å². The van der Waals surface area contributed by atoms with E-state index in [1.54, 1.807) is 0 Å². The fraction of sp³-hybridized carbons (Fsp3) is 0.217. The van der Waals surface area contributed by atoms with Crippen LogP contribution in [-0.4, -0.2) is 12.6 Å². The van der Waals surface area contributed by atoms with Gasteiger partial charge in [0.25, 0.3) is 0 Å². The van der Waals surface area contributed by atoms with Crippen LogP contribution >= 0.6 is 0 Å². The molecule has 0 bridgehead atoms. The molecule has 4 nitrogen and oxygen atoms in total. The van der Waals surface area contributed by atoms with Gasteiger partial charge in [-0.25, -0.2) is 4.57 Å². The van der Waals surface area contributed by atoms with Crippen molar-refractivity contribution in [2.75, 3.05) is 0 Å². The van der Waals surface area contributed by atoms with Crippen molar-refractivity contribution in [3.8, 4) is 22.6 Å². The largest absolute Gasteiger partial charge is 0.455 e. The van der Waals surface area contributed by atoms with Gasteiger partial charge in [-0.1, -0.05) is 106 Å². The minimum atomic E-state index is -1.77. The molecule has 10 rings (SSSR count). The Hall–Kier alpha value is -5.26. The number of benzene rings is 5. The zero-order valence-electron chi connectivity index (χ0n) is 30.3. The van der Waals surface area contributed by atoms with E-state index in [4.69, 9.17) is 4.42 Å². The van der Waals surface area contributed by atoms with E-state index in [-0.39, 0.29) is 0 Å². The first-order valence-electron chi connectivity index (χ1n) is 18.4. The predicted octanol–water partition coefficient (Wildman–Crippen LogP) is 9.47. The lowest BCUT2D eigenvalue weighted by Gasteiger charge is -2.24. The smallest absolute Gasteiger partial charge is 0.364 e. The van der Waals surface area contributed by atoms with Crippen molar-refractivity contribution in [1.29, 1.82) is 0 Å². The lowest BCUT2D eigenvalue weighted by atomic mass is 9.88. The Labute approximate surface area is 300 Å². The Bertz CT molecular complexity index is 2730. The molecule has 2 aliphatic heterocycles. The average molecular weight is 682 g/mol. The summed E-state index contributed by atoms with van der Waals surface area (Å²) < 4.78 is 14.8. The first-order valence-corrected chi connectivity index (χ1v) is 21.9. The Balaban J connectivity index is 1.43. The second-order valence-corrected chi connectivity index (χ2v) is 21.3. The van der Waals surface area contributed by atoms with E-state index in [2.05, 4.69) is 176 Å². The summed E-state index contributed by atoms with van der Waals surface area (Å²) in [4.78, 5) is 0. The van der Waals surface area contributed by atoms with Crippen LogP contribution in [0.1, 0.15) is 41.7 Å². The number of imidazole rings is 1. The molecule has 1 spiro atoms. The average Bonchev–Trinajstić information content (AvgIpc) is 3.81. The molecule has 0 radical (unpaired) electrons. The molecule has 8 aromatic rings. The molecule has 0 saturated carbocycles. The molecular formula is C46H43N3OSi+2. The summed E-state index contributed by atoms with van der Waals surface area (Å²) in [6, 6.07) is 42.8. The van der Waals surface area contributed by atoms with Gasteiger partial charge in [-0.2, -0.15) is 4.57 Å². The molecule has 1 unspecified atom stereocenters. The molecule has 250 valence electrons. The Kier molecular flexibility index (Phi) is 6.37. The number of nitrogens with zero attached hydrogens (tertiary/aromatic N) is 3. The van der Waals surface area contributed by atoms with E-state index in [9.17, 15) is 0 Å². The van der Waals surface area contributed by atoms with E-state index in [1.165, 1.54) is 66.7 Å². The summed E-state index contributed by atoms with van der Waals surface area (Å²) in [5.41, 5.74) is 14.1. The van der Waals surface area contributed by atoms with Crippen molar-refractivity contribution in [2.24, 2.45) is 5.92 Å². The van der Waals surface area contributed by atoms with Crippen LogP contribution in [0.5, 0.6) is 0 Å². The van der Waals surface area contributed by atoms with Gasteiger partial charge in [-0.15, -0.1) is 4.57 Å². The third-order valence-electron chi connectivity index (χ3n) is 11.3. The number of hydrogen-bond donors (Lipinski definition) is 0. The standard InChI is InChI=1S/C46H43N3OSi/c1-29(2)24-32-26-40-35-25-30(3)20-22-36(35)46(48(40)28-42(32)51(4,5)6)37-23-21-34-33-16-10-13-19-41(33)50-44(34)43(37)45-47(27-31-14-8-7-9-15-31)38-17-11-12-18-39(38)49(45)46/h7-23,25-26,28-29H,24,27H2,1-6H3/q+2. The summed E-state index contributed by atoms with van der Waals surface area (Å²) in [5.74, 6) is 1.76. The summed E-state index contributed by atoms with van der Waals surface area (Å²) in [7, 11) is -1.77. The fourth-order valence-electron chi connectivity index (χ4n) is 9.31. The van der Waals surface area contributed by atoms with E-state index in [0.717, 1.165) is 34.9 Å². The van der Waals surface area contributed by atoms with Crippen LogP contribution < -0.4 is 14.3 Å². The second-order valence-electron chi connectivity index (χ2n) is 16.2. The molecule has 51 heavy (non-hydrogen) atoms. The molecule has 1 atom stereocenters. The third-order valence-corrected chi connectivity index (χ3v) is 13.4. The summed E-state index contributed by atoms with van der Waals surface area (Å²) in [5, 5.41) is 3.85. The molecule has 0 amide bonds. The highest BCUT2D eigenvalue weighted by Gasteiger charge is 2.67. The normalized spacial score (nSPS) is 16.1. The van der Waals surface area contributed by atoms with Gasteiger partial charge < -0.3 is 4.42 Å². The van der Waals surface area contributed by atoms with E-state index in [0.29, 0.717) is 5.92 Å². The monoisotopic (exact) mass is 681 g/mol. The fourth-order valence-corrected chi connectivity index (χ4v) is 11.0. The van der Waals surface area contributed by atoms with Crippen LogP contribution in [0.25, 0.3) is 55.6 Å². The van der Waals surface area contributed by atoms with Gasteiger partial charge in [0.1, 0.15) is 17.7 Å². The number of fused-ring (bicyclic) bond motifs is 16. The molecule has 0 saturated heterocycles. The maximum absolute atomic E-state index is 6.96. The van der Waals surface area contributed by atoms with Crippen molar-refractivity contribution < 1.29 is 13.6 Å². The van der Waals surface area contributed by atoms with Crippen molar-refractivity contribution in [2.45, 2.75) is 59.0 Å². The summed E-state index contributed by atoms with van der Waals surface area (Å²) >= 11 is 0. The molecule has 3 aromatic heterocycles. The maximum atomic E-state index is 6.96. The van der Waals surface area contributed by atoms with Gasteiger partial charge >= 0.3 is 11.5 Å². The molecule has 2 aliphatic rings. The molecule has 0 fully saturated rings. The topological polar surface area (TPSA) is 25.8 Å².